The smallest absolute Gasteiger partial charge is 0.224 e. The number of carbonyl (C=O) groups excluding carboxylic acids is 1. The van der Waals surface area contributed by atoms with E-state index >= 15 is 0 Å². The van der Waals surface area contributed by atoms with Crippen molar-refractivity contribution < 1.29 is 13.9 Å². The Bertz CT molecular complexity index is 644. The maximum absolute atomic E-state index is 13.6. The number of ether oxygens (including phenoxy) is 1. The molecule has 2 aromatic rings. The fourth-order valence-electron chi connectivity index (χ4n) is 1.86. The first-order chi connectivity index (χ1) is 10.5. The van der Waals surface area contributed by atoms with E-state index in [1.165, 1.54) is 17.7 Å². The minimum Gasteiger partial charge on any atom is -0.494 e. The Morgan fingerprint density at radius 3 is 2.64 bits per heavy atom. The molecule has 0 bridgehead atoms. The highest BCUT2D eigenvalue weighted by atomic mass is 79.9. The van der Waals surface area contributed by atoms with Gasteiger partial charge in [0, 0.05) is 10.9 Å². The van der Waals surface area contributed by atoms with Crippen molar-refractivity contribution in [2.75, 3.05) is 11.9 Å². The predicted octanol–water partition coefficient (Wildman–Crippen LogP) is 4.69. The highest BCUT2D eigenvalue weighted by Gasteiger charge is 2.07. The highest BCUT2D eigenvalue weighted by Crippen LogP contribution is 2.19. The topological polar surface area (TPSA) is 38.3 Å². The van der Waals surface area contributed by atoms with Crippen molar-refractivity contribution in [1.82, 2.24) is 0 Å². The van der Waals surface area contributed by atoms with Crippen LogP contribution in [0.2, 0.25) is 0 Å². The number of halogens is 2. The first kappa shape index (κ1) is 16.5. The van der Waals surface area contributed by atoms with Crippen molar-refractivity contribution in [3.8, 4) is 5.75 Å². The molecule has 0 heterocycles. The zero-order chi connectivity index (χ0) is 15.9. The van der Waals surface area contributed by atoms with Crippen molar-refractivity contribution in [1.29, 1.82) is 0 Å². The number of amides is 1. The molecule has 0 fully saturated rings. The molecule has 0 aliphatic carbocycles. The van der Waals surface area contributed by atoms with E-state index in [2.05, 4.69) is 21.2 Å². The third-order valence-corrected chi connectivity index (χ3v) is 3.54. The van der Waals surface area contributed by atoms with Gasteiger partial charge < -0.3 is 10.1 Å². The Labute approximate surface area is 137 Å². The summed E-state index contributed by atoms with van der Waals surface area (Å²) in [5.41, 5.74) is 1.36. The third kappa shape index (κ3) is 5.15. The monoisotopic (exact) mass is 365 g/mol. The van der Waals surface area contributed by atoms with Gasteiger partial charge in [-0.2, -0.15) is 0 Å². The van der Waals surface area contributed by atoms with Gasteiger partial charge in [-0.25, -0.2) is 4.39 Å². The van der Waals surface area contributed by atoms with Gasteiger partial charge in [0.1, 0.15) is 11.6 Å². The molecule has 0 aliphatic heterocycles. The highest BCUT2D eigenvalue weighted by molar-refractivity contribution is 9.10. The van der Waals surface area contributed by atoms with Crippen LogP contribution in [0.5, 0.6) is 5.75 Å². The maximum atomic E-state index is 13.6. The molecule has 0 saturated heterocycles. The van der Waals surface area contributed by atoms with E-state index in [-0.39, 0.29) is 18.0 Å². The molecule has 1 N–H and O–H groups in total. The van der Waals surface area contributed by atoms with Gasteiger partial charge in [0.05, 0.1) is 12.3 Å². The van der Waals surface area contributed by atoms with Crippen LogP contribution in [0.25, 0.3) is 0 Å². The molecule has 0 aliphatic rings. The van der Waals surface area contributed by atoms with Crippen LogP contribution < -0.4 is 10.1 Å². The summed E-state index contributed by atoms with van der Waals surface area (Å²) in [5.74, 6) is 0.0947. The Morgan fingerprint density at radius 2 is 1.95 bits per heavy atom. The normalized spacial score (nSPS) is 10.3. The van der Waals surface area contributed by atoms with Gasteiger partial charge in [0.15, 0.2) is 0 Å². The fraction of sp³-hybridized carbons (Fsp3) is 0.235. The molecular weight excluding hydrogens is 349 g/mol. The summed E-state index contributed by atoms with van der Waals surface area (Å²) in [6.45, 7) is 2.45. The molecule has 0 aromatic heterocycles. The number of anilines is 1. The molecule has 1 amide bonds. The Morgan fingerprint density at radius 1 is 1.23 bits per heavy atom. The molecule has 116 valence electrons. The number of hydrogen-bond acceptors (Lipinski definition) is 2. The van der Waals surface area contributed by atoms with E-state index in [4.69, 9.17) is 4.74 Å². The van der Waals surface area contributed by atoms with Gasteiger partial charge in [-0.15, -0.1) is 0 Å². The summed E-state index contributed by atoms with van der Waals surface area (Å²) in [4.78, 5) is 11.8. The van der Waals surface area contributed by atoms with Gasteiger partial charge >= 0.3 is 0 Å². The molecule has 3 nitrogen and oxygen atoms in total. The van der Waals surface area contributed by atoms with Crippen molar-refractivity contribution in [3.05, 3.63) is 58.3 Å². The molecule has 0 saturated carbocycles. The van der Waals surface area contributed by atoms with Gasteiger partial charge in [-0.1, -0.05) is 33.6 Å². The van der Waals surface area contributed by atoms with E-state index in [1.807, 2.05) is 31.2 Å². The van der Waals surface area contributed by atoms with Gasteiger partial charge in [0.25, 0.3) is 0 Å². The van der Waals surface area contributed by atoms with Crippen LogP contribution in [0.4, 0.5) is 10.1 Å². The second-order valence-corrected chi connectivity index (χ2v) is 5.85. The summed E-state index contributed by atoms with van der Waals surface area (Å²) in [6, 6.07) is 12.3. The second-order valence-electron chi connectivity index (χ2n) is 4.94. The van der Waals surface area contributed by atoms with Crippen LogP contribution in [0.1, 0.15) is 18.4 Å². The largest absolute Gasteiger partial charge is 0.494 e. The van der Waals surface area contributed by atoms with Crippen LogP contribution in [0, 0.1) is 12.7 Å². The predicted molar refractivity (Wildman–Crippen MR) is 88.6 cm³/mol. The van der Waals surface area contributed by atoms with E-state index in [9.17, 15) is 9.18 Å². The average molecular weight is 366 g/mol. The van der Waals surface area contributed by atoms with Crippen LogP contribution in [0.3, 0.4) is 0 Å². The van der Waals surface area contributed by atoms with Gasteiger partial charge in [-0.05, 0) is 43.7 Å². The summed E-state index contributed by atoms with van der Waals surface area (Å²) in [6.07, 6.45) is 0.846. The zero-order valence-electron chi connectivity index (χ0n) is 12.2. The molecule has 0 spiro atoms. The van der Waals surface area contributed by atoms with Crippen LogP contribution >= 0.6 is 15.9 Å². The number of rotatable bonds is 6. The Balaban J connectivity index is 1.72. The van der Waals surface area contributed by atoms with Gasteiger partial charge in [0.2, 0.25) is 5.91 Å². The van der Waals surface area contributed by atoms with Gasteiger partial charge in [-0.3, -0.25) is 4.79 Å². The summed E-state index contributed by atoms with van der Waals surface area (Å²) < 4.78 is 19.8. The zero-order valence-corrected chi connectivity index (χ0v) is 13.8. The molecule has 0 atom stereocenters. The fourth-order valence-corrected chi connectivity index (χ4v) is 2.19. The Kier molecular flexibility index (Phi) is 5.95. The second kappa shape index (κ2) is 7.94. The van der Waals surface area contributed by atoms with Crippen molar-refractivity contribution in [3.63, 3.8) is 0 Å². The van der Waals surface area contributed by atoms with Crippen LogP contribution in [0.15, 0.2) is 46.9 Å². The number of aryl methyl sites for hydroxylation is 1. The maximum Gasteiger partial charge on any atom is 0.224 e. The number of carbonyl (C=O) groups is 1. The Hall–Kier alpha value is -1.88. The molecule has 0 radical (unpaired) electrons. The molecule has 0 unspecified atom stereocenters. The van der Waals surface area contributed by atoms with Crippen molar-refractivity contribution in [2.45, 2.75) is 19.8 Å². The van der Waals surface area contributed by atoms with E-state index in [0.717, 1.165) is 5.75 Å². The quantitative estimate of drug-likeness (QED) is 0.753. The molecule has 2 rings (SSSR count). The average Bonchev–Trinajstić information content (AvgIpc) is 2.48. The minimum atomic E-state index is -0.460. The first-order valence-electron chi connectivity index (χ1n) is 6.99. The summed E-state index contributed by atoms with van der Waals surface area (Å²) in [7, 11) is 0. The molecule has 2 aromatic carbocycles. The lowest BCUT2D eigenvalue weighted by Crippen LogP contribution is -2.13. The van der Waals surface area contributed by atoms with E-state index < -0.39 is 5.82 Å². The summed E-state index contributed by atoms with van der Waals surface area (Å²) >= 11 is 3.17. The number of benzene rings is 2. The molecular formula is C17H17BrFNO2. The van der Waals surface area contributed by atoms with E-state index in [0.29, 0.717) is 17.5 Å². The van der Waals surface area contributed by atoms with E-state index in [1.54, 1.807) is 6.07 Å². The minimum absolute atomic E-state index is 0.188. The van der Waals surface area contributed by atoms with Crippen molar-refractivity contribution >= 4 is 27.5 Å². The lowest BCUT2D eigenvalue weighted by Gasteiger charge is -2.08. The van der Waals surface area contributed by atoms with Crippen molar-refractivity contribution in [2.24, 2.45) is 0 Å². The first-order valence-corrected chi connectivity index (χ1v) is 7.78. The third-order valence-electron chi connectivity index (χ3n) is 3.04. The summed E-state index contributed by atoms with van der Waals surface area (Å²) in [5, 5.41) is 2.55. The lowest BCUT2D eigenvalue weighted by atomic mass is 10.2. The number of nitrogens with one attached hydrogen (secondary N) is 1. The van der Waals surface area contributed by atoms with Crippen LogP contribution in [-0.2, 0) is 4.79 Å². The molecule has 22 heavy (non-hydrogen) atoms. The standard InChI is InChI=1S/C17H17BrFNO2/c1-12-4-7-14(8-5-12)22-10-2-3-17(21)20-16-9-6-13(18)11-15(16)19/h4-9,11H,2-3,10H2,1H3,(H,20,21). The number of hydrogen-bond donors (Lipinski definition) is 1. The molecule has 5 heteroatoms. The SMILES string of the molecule is Cc1ccc(OCCCC(=O)Nc2ccc(Br)cc2F)cc1. The lowest BCUT2D eigenvalue weighted by molar-refractivity contribution is -0.116. The van der Waals surface area contributed by atoms with Crippen LogP contribution in [-0.4, -0.2) is 12.5 Å².